The number of rotatable bonds is 1. The first-order chi connectivity index (χ1) is 2.64. The molecule has 0 aromatic rings. The average Bonchev–Trinajstić information content (AvgIpc) is 1.36. The summed E-state index contributed by atoms with van der Waals surface area (Å²) >= 11 is 4.87. The Balaban J connectivity index is 0. The van der Waals surface area contributed by atoms with Crippen molar-refractivity contribution in [3.63, 3.8) is 0 Å². The zero-order valence-corrected chi connectivity index (χ0v) is 10.5. The number of carbonyl (C=O) groups excluding carboxylic acids is 1. The molecule has 40 valence electrons. The summed E-state index contributed by atoms with van der Waals surface area (Å²) in [6.07, 6.45) is 0. The molecule has 0 amide bonds. The van der Waals surface area contributed by atoms with Gasteiger partial charge in [0.2, 0.25) is 5.24 Å². The molecule has 1 nitrogen and oxygen atoms in total. The van der Waals surface area contributed by atoms with Crippen molar-refractivity contribution in [3.8, 4) is 0 Å². The Morgan fingerprint density at radius 3 is 1.86 bits per heavy atom. The maximum absolute atomic E-state index is 9.81. The molecule has 0 aliphatic heterocycles. The Morgan fingerprint density at radius 1 is 1.71 bits per heavy atom. The molecule has 0 fully saturated rings. The van der Waals surface area contributed by atoms with Crippen LogP contribution in [0, 0.1) is 0 Å². The number of carbonyl (C=O) groups is 1. The normalized spacial score (nSPS) is 6.57. The molecular formula is C4H7ClOPb. The van der Waals surface area contributed by atoms with Gasteiger partial charge < -0.3 is 0 Å². The van der Waals surface area contributed by atoms with Crippen LogP contribution in [0.25, 0.3) is 0 Å². The van der Waals surface area contributed by atoms with Crippen molar-refractivity contribution in [1.82, 2.24) is 0 Å². The first kappa shape index (κ1) is 10.6. The van der Waals surface area contributed by atoms with Gasteiger partial charge in [0.25, 0.3) is 0 Å². The van der Waals surface area contributed by atoms with Gasteiger partial charge in [-0.3, -0.25) is 4.79 Å². The molecule has 3 heteroatoms. The monoisotopic (exact) mass is 314 g/mol. The summed E-state index contributed by atoms with van der Waals surface area (Å²) in [5.74, 6) is 0. The van der Waals surface area contributed by atoms with Crippen LogP contribution in [0.2, 0.25) is 0 Å². The van der Waals surface area contributed by atoms with Crippen LogP contribution in [0.15, 0.2) is 12.2 Å². The Bertz CT molecular complexity index is 77.7. The molecule has 0 bridgehead atoms. The number of allylic oxidation sites excluding steroid dienone is 1. The Hall–Kier alpha value is 0.622. The predicted molar refractivity (Wildman–Crippen MR) is 34.2 cm³/mol. The van der Waals surface area contributed by atoms with Crippen LogP contribution >= 0.6 is 11.6 Å². The molecule has 0 aliphatic carbocycles. The van der Waals surface area contributed by atoms with Gasteiger partial charge >= 0.3 is 27.3 Å². The standard InChI is InChI=1S/C4H5ClO.Pb.2H/c1-3(2)4(5)6;;;/h1H2,2H3;;;. The summed E-state index contributed by atoms with van der Waals surface area (Å²) in [6, 6.07) is 0. The Labute approximate surface area is 67.9 Å². The van der Waals surface area contributed by atoms with E-state index in [1.165, 1.54) is 0 Å². The number of halogens is 1. The Morgan fingerprint density at radius 2 is 1.86 bits per heavy atom. The summed E-state index contributed by atoms with van der Waals surface area (Å²) in [5.41, 5.74) is 0.386. The molecule has 0 saturated heterocycles. The fourth-order valence-electron chi connectivity index (χ4n) is 0. The molecule has 0 spiro atoms. The van der Waals surface area contributed by atoms with Gasteiger partial charge in [-0.2, -0.15) is 0 Å². The molecule has 0 unspecified atom stereocenters. The van der Waals surface area contributed by atoms with Crippen molar-refractivity contribution < 1.29 is 4.79 Å². The minimum atomic E-state index is -0.463. The van der Waals surface area contributed by atoms with Gasteiger partial charge in [-0.1, -0.05) is 6.58 Å². The summed E-state index contributed by atoms with van der Waals surface area (Å²) in [4.78, 5) is 9.81. The summed E-state index contributed by atoms with van der Waals surface area (Å²) < 4.78 is 0. The van der Waals surface area contributed by atoms with E-state index in [4.69, 9.17) is 11.6 Å². The topological polar surface area (TPSA) is 17.1 Å². The van der Waals surface area contributed by atoms with Gasteiger partial charge in [0, 0.05) is 5.57 Å². The van der Waals surface area contributed by atoms with E-state index in [1.807, 2.05) is 0 Å². The summed E-state index contributed by atoms with van der Waals surface area (Å²) in [6.45, 7) is 4.84. The number of hydrogen-bond donors (Lipinski definition) is 0. The van der Waals surface area contributed by atoms with Crippen LogP contribution in [-0.4, -0.2) is 32.5 Å². The maximum atomic E-state index is 9.81. The molecule has 0 aliphatic rings. The van der Waals surface area contributed by atoms with Crippen molar-refractivity contribution in [2.24, 2.45) is 0 Å². The molecule has 0 rings (SSSR count). The molecule has 0 aromatic heterocycles. The van der Waals surface area contributed by atoms with Crippen LogP contribution in [-0.2, 0) is 4.79 Å². The molecule has 0 saturated carbocycles. The fraction of sp³-hybridized carbons (Fsp3) is 0.250. The first-order valence-corrected chi connectivity index (χ1v) is 1.87. The van der Waals surface area contributed by atoms with Gasteiger partial charge in [-0.25, -0.2) is 0 Å². The van der Waals surface area contributed by atoms with Crippen molar-refractivity contribution in [2.75, 3.05) is 0 Å². The van der Waals surface area contributed by atoms with E-state index in [0.29, 0.717) is 5.57 Å². The second-order valence-corrected chi connectivity index (χ2v) is 1.40. The van der Waals surface area contributed by atoms with E-state index >= 15 is 0 Å². The third-order valence-corrected chi connectivity index (χ3v) is 0.658. The van der Waals surface area contributed by atoms with Crippen LogP contribution in [0.4, 0.5) is 0 Å². The molecule has 0 N–H and O–H groups in total. The van der Waals surface area contributed by atoms with Crippen LogP contribution < -0.4 is 0 Å². The second kappa shape index (κ2) is 4.77. The summed E-state index contributed by atoms with van der Waals surface area (Å²) in [7, 11) is 0. The fourth-order valence-corrected chi connectivity index (χ4v) is 0. The van der Waals surface area contributed by atoms with Crippen molar-refractivity contribution >= 4 is 44.1 Å². The zero-order valence-electron chi connectivity index (χ0n) is 4.20. The van der Waals surface area contributed by atoms with E-state index in [1.54, 1.807) is 6.92 Å². The quantitative estimate of drug-likeness (QED) is 0.389. The molecule has 7 heavy (non-hydrogen) atoms. The molecule has 0 aromatic carbocycles. The van der Waals surface area contributed by atoms with Gasteiger partial charge in [-0.05, 0) is 18.5 Å². The zero-order chi connectivity index (χ0) is 5.15. The third kappa shape index (κ3) is 6.62. The van der Waals surface area contributed by atoms with Gasteiger partial charge in [0.05, 0.1) is 0 Å². The van der Waals surface area contributed by atoms with E-state index in [2.05, 4.69) is 6.58 Å². The third-order valence-electron chi connectivity index (χ3n) is 0.336. The van der Waals surface area contributed by atoms with E-state index in [-0.39, 0.29) is 27.3 Å². The van der Waals surface area contributed by atoms with E-state index in [0.717, 1.165) is 0 Å². The van der Waals surface area contributed by atoms with Crippen molar-refractivity contribution in [2.45, 2.75) is 6.92 Å². The van der Waals surface area contributed by atoms with Gasteiger partial charge in [-0.15, -0.1) is 0 Å². The minimum absolute atomic E-state index is 0. The van der Waals surface area contributed by atoms with E-state index < -0.39 is 5.24 Å². The second-order valence-electron chi connectivity index (χ2n) is 1.05. The Kier molecular flexibility index (Phi) is 7.21. The van der Waals surface area contributed by atoms with Crippen LogP contribution in [0.5, 0.6) is 0 Å². The summed E-state index contributed by atoms with van der Waals surface area (Å²) in [5, 5.41) is -0.463. The van der Waals surface area contributed by atoms with Crippen molar-refractivity contribution in [3.05, 3.63) is 12.2 Å². The molecule has 0 heterocycles. The van der Waals surface area contributed by atoms with Crippen molar-refractivity contribution in [1.29, 1.82) is 0 Å². The predicted octanol–water partition coefficient (Wildman–Crippen LogP) is 0.412. The van der Waals surface area contributed by atoms with Gasteiger partial charge in [0.1, 0.15) is 0 Å². The molecule has 0 atom stereocenters. The van der Waals surface area contributed by atoms with Gasteiger partial charge in [0.15, 0.2) is 0 Å². The van der Waals surface area contributed by atoms with Crippen LogP contribution in [0.3, 0.4) is 0 Å². The van der Waals surface area contributed by atoms with E-state index in [9.17, 15) is 4.79 Å². The first-order valence-electron chi connectivity index (χ1n) is 1.50. The molecular weight excluding hydrogens is 307 g/mol. The SMILES string of the molecule is C=C(C)C(=O)Cl.[PbH2]. The average molecular weight is 314 g/mol. The number of hydrogen-bond acceptors (Lipinski definition) is 1. The molecule has 2 radical (unpaired) electrons. The van der Waals surface area contributed by atoms with Crippen LogP contribution in [0.1, 0.15) is 6.92 Å².